The first-order valence-electron chi connectivity index (χ1n) is 8.17. The van der Waals surface area contributed by atoms with Crippen LogP contribution in [-0.4, -0.2) is 9.67 Å². The zero-order chi connectivity index (χ0) is 20.5. The summed E-state index contributed by atoms with van der Waals surface area (Å²) in [5.74, 6) is -0.968. The molecule has 0 bridgehead atoms. The van der Waals surface area contributed by atoms with Crippen molar-refractivity contribution < 1.29 is 22.7 Å². The highest BCUT2D eigenvalue weighted by atomic mass is 35.5. The summed E-state index contributed by atoms with van der Waals surface area (Å²) in [6.45, 7) is -0.138. The highest BCUT2D eigenvalue weighted by Gasteiger charge is 2.30. The fourth-order valence-electron chi connectivity index (χ4n) is 2.82. The molecule has 1 heterocycles. The molecule has 3 rings (SSSR count). The Hall–Kier alpha value is -2.80. The number of pyridine rings is 1. The lowest BCUT2D eigenvalue weighted by Gasteiger charge is -2.13. The Kier molecular flexibility index (Phi) is 5.47. The van der Waals surface area contributed by atoms with Gasteiger partial charge in [-0.1, -0.05) is 29.8 Å². The van der Waals surface area contributed by atoms with Crippen molar-refractivity contribution in [2.24, 2.45) is 0 Å². The highest BCUT2D eigenvalue weighted by Crippen LogP contribution is 2.30. The van der Waals surface area contributed by atoms with Crippen LogP contribution in [0.5, 0.6) is 5.75 Å². The summed E-state index contributed by atoms with van der Waals surface area (Å²) in [5.41, 5.74) is -1.25. The van der Waals surface area contributed by atoms with E-state index < -0.39 is 23.1 Å². The Labute approximate surface area is 162 Å². The maximum Gasteiger partial charge on any atom is 0.416 e. The molecule has 146 valence electrons. The normalized spacial score (nSPS) is 11.6. The molecular formula is C20H14ClF4NO2. The lowest BCUT2D eigenvalue weighted by Crippen LogP contribution is -2.24. The molecule has 1 N–H and O–H groups in total. The minimum atomic E-state index is -4.50. The minimum Gasteiger partial charge on any atom is -0.507 e. The SMILES string of the molecule is O=c1c(Cc2c(F)cccc2Cl)c(O)ccn1Cc1cccc(C(F)(F)F)c1. The van der Waals surface area contributed by atoms with Crippen molar-refractivity contribution >= 4 is 11.6 Å². The van der Waals surface area contributed by atoms with Gasteiger partial charge in [0.25, 0.3) is 5.56 Å². The van der Waals surface area contributed by atoms with E-state index in [0.29, 0.717) is 0 Å². The van der Waals surface area contributed by atoms with Crippen molar-refractivity contribution in [2.75, 3.05) is 0 Å². The predicted molar refractivity (Wildman–Crippen MR) is 97.1 cm³/mol. The molecule has 0 unspecified atom stereocenters. The summed E-state index contributed by atoms with van der Waals surface area (Å²) in [6, 6.07) is 9.90. The molecule has 0 radical (unpaired) electrons. The van der Waals surface area contributed by atoms with Crippen LogP contribution in [0.3, 0.4) is 0 Å². The van der Waals surface area contributed by atoms with E-state index >= 15 is 0 Å². The number of halogens is 5. The van der Waals surface area contributed by atoms with Crippen LogP contribution in [0.1, 0.15) is 22.3 Å². The second-order valence-corrected chi connectivity index (χ2v) is 6.59. The van der Waals surface area contributed by atoms with Crippen LogP contribution in [0.4, 0.5) is 17.6 Å². The fourth-order valence-corrected chi connectivity index (χ4v) is 3.05. The predicted octanol–water partition coefficient (Wildman–Crippen LogP) is 5.00. The first-order chi connectivity index (χ1) is 13.2. The van der Waals surface area contributed by atoms with E-state index in [4.69, 9.17) is 11.6 Å². The first-order valence-corrected chi connectivity index (χ1v) is 8.55. The van der Waals surface area contributed by atoms with E-state index in [2.05, 4.69) is 0 Å². The second-order valence-electron chi connectivity index (χ2n) is 6.19. The van der Waals surface area contributed by atoms with Gasteiger partial charge in [0.1, 0.15) is 11.6 Å². The zero-order valence-corrected chi connectivity index (χ0v) is 15.1. The molecular weight excluding hydrogens is 398 g/mol. The summed E-state index contributed by atoms with van der Waals surface area (Å²) in [5, 5.41) is 10.2. The van der Waals surface area contributed by atoms with Gasteiger partial charge in [0.05, 0.1) is 17.7 Å². The molecule has 0 aliphatic heterocycles. The summed E-state index contributed by atoms with van der Waals surface area (Å²) < 4.78 is 53.8. The zero-order valence-electron chi connectivity index (χ0n) is 14.3. The van der Waals surface area contributed by atoms with E-state index in [1.807, 2.05) is 0 Å². The number of aromatic nitrogens is 1. The van der Waals surface area contributed by atoms with Gasteiger partial charge in [-0.05, 0) is 35.9 Å². The van der Waals surface area contributed by atoms with Crippen molar-refractivity contribution in [3.8, 4) is 5.75 Å². The quantitative estimate of drug-likeness (QED) is 0.614. The monoisotopic (exact) mass is 411 g/mol. The molecule has 3 aromatic rings. The Morgan fingerprint density at radius 1 is 1.04 bits per heavy atom. The third-order valence-corrected chi connectivity index (χ3v) is 4.62. The van der Waals surface area contributed by atoms with Crippen LogP contribution < -0.4 is 5.56 Å². The largest absolute Gasteiger partial charge is 0.507 e. The number of alkyl halides is 3. The summed E-state index contributed by atoms with van der Waals surface area (Å²) in [7, 11) is 0. The standard InChI is InChI=1S/C20H14ClF4NO2/c21-16-5-2-6-17(22)14(16)10-15-18(27)7-8-26(19(15)28)11-12-3-1-4-13(9-12)20(23,24)25/h1-9,27H,10-11H2. The number of hydrogen-bond acceptors (Lipinski definition) is 2. The van der Waals surface area contributed by atoms with E-state index in [-0.39, 0.29) is 40.4 Å². The topological polar surface area (TPSA) is 42.2 Å². The van der Waals surface area contributed by atoms with Gasteiger partial charge in [0, 0.05) is 23.2 Å². The molecule has 0 saturated carbocycles. The molecule has 0 amide bonds. The Bertz CT molecular complexity index is 1060. The van der Waals surface area contributed by atoms with Gasteiger partial charge >= 0.3 is 6.18 Å². The molecule has 28 heavy (non-hydrogen) atoms. The molecule has 0 aliphatic carbocycles. The van der Waals surface area contributed by atoms with Gasteiger partial charge in [0.15, 0.2) is 0 Å². The van der Waals surface area contributed by atoms with E-state index in [1.165, 1.54) is 42.6 Å². The molecule has 3 nitrogen and oxygen atoms in total. The van der Waals surface area contributed by atoms with Crippen LogP contribution >= 0.6 is 11.6 Å². The van der Waals surface area contributed by atoms with Crippen molar-refractivity contribution in [1.29, 1.82) is 0 Å². The van der Waals surface area contributed by atoms with Crippen molar-refractivity contribution in [1.82, 2.24) is 4.57 Å². The van der Waals surface area contributed by atoms with Gasteiger partial charge in [-0.2, -0.15) is 13.2 Å². The molecule has 2 aromatic carbocycles. The van der Waals surface area contributed by atoms with Crippen LogP contribution in [0, 0.1) is 5.82 Å². The molecule has 0 atom stereocenters. The fraction of sp³-hybridized carbons (Fsp3) is 0.150. The third-order valence-electron chi connectivity index (χ3n) is 4.26. The summed E-state index contributed by atoms with van der Waals surface area (Å²) in [4.78, 5) is 12.7. The van der Waals surface area contributed by atoms with Crippen LogP contribution in [0.25, 0.3) is 0 Å². The number of nitrogens with zero attached hydrogens (tertiary/aromatic N) is 1. The Balaban J connectivity index is 1.97. The van der Waals surface area contributed by atoms with Gasteiger partial charge in [-0.15, -0.1) is 0 Å². The van der Waals surface area contributed by atoms with Gasteiger partial charge < -0.3 is 9.67 Å². The third kappa shape index (κ3) is 4.20. The smallest absolute Gasteiger partial charge is 0.416 e. The lowest BCUT2D eigenvalue weighted by molar-refractivity contribution is -0.137. The van der Waals surface area contributed by atoms with Gasteiger partial charge in [-0.3, -0.25) is 4.79 Å². The van der Waals surface area contributed by atoms with Crippen molar-refractivity contribution in [3.63, 3.8) is 0 Å². The number of rotatable bonds is 4. The van der Waals surface area contributed by atoms with Crippen molar-refractivity contribution in [2.45, 2.75) is 19.1 Å². The molecule has 0 saturated heterocycles. The second kappa shape index (κ2) is 7.67. The number of aromatic hydroxyl groups is 1. The molecule has 0 aliphatic rings. The van der Waals surface area contributed by atoms with Gasteiger partial charge in [0.2, 0.25) is 0 Å². The summed E-state index contributed by atoms with van der Waals surface area (Å²) in [6.07, 6.45) is -3.48. The molecule has 0 spiro atoms. The summed E-state index contributed by atoms with van der Waals surface area (Å²) >= 11 is 5.98. The molecule has 1 aromatic heterocycles. The van der Waals surface area contributed by atoms with E-state index in [9.17, 15) is 27.5 Å². The van der Waals surface area contributed by atoms with Crippen LogP contribution in [0.15, 0.2) is 59.5 Å². The highest BCUT2D eigenvalue weighted by molar-refractivity contribution is 6.31. The Morgan fingerprint density at radius 3 is 2.43 bits per heavy atom. The minimum absolute atomic E-state index is 0.0494. The lowest BCUT2D eigenvalue weighted by atomic mass is 10.0. The first kappa shape index (κ1) is 19.9. The number of benzene rings is 2. The van der Waals surface area contributed by atoms with Crippen molar-refractivity contribution in [3.05, 3.63) is 98.2 Å². The van der Waals surface area contributed by atoms with Gasteiger partial charge in [-0.25, -0.2) is 4.39 Å². The molecule has 0 fully saturated rings. The maximum absolute atomic E-state index is 14.0. The van der Waals surface area contributed by atoms with E-state index in [1.54, 1.807) is 0 Å². The van der Waals surface area contributed by atoms with Crippen LogP contribution in [0.2, 0.25) is 5.02 Å². The Morgan fingerprint density at radius 2 is 1.75 bits per heavy atom. The van der Waals surface area contributed by atoms with E-state index in [0.717, 1.165) is 16.7 Å². The number of hydrogen-bond donors (Lipinski definition) is 1. The molecule has 8 heteroatoms. The van der Waals surface area contributed by atoms with Crippen LogP contribution in [-0.2, 0) is 19.1 Å². The average Bonchev–Trinajstić information content (AvgIpc) is 2.63. The maximum atomic E-state index is 14.0. The average molecular weight is 412 g/mol.